The maximum absolute atomic E-state index is 9.47. The van der Waals surface area contributed by atoms with E-state index in [-0.39, 0.29) is 0 Å². The number of anilines is 3. The molecule has 0 aliphatic rings. The van der Waals surface area contributed by atoms with E-state index in [1.807, 2.05) is 72.8 Å². The van der Waals surface area contributed by atoms with Crippen molar-refractivity contribution in [1.82, 2.24) is 0 Å². The Hall–Kier alpha value is -6.61. The van der Waals surface area contributed by atoms with E-state index < -0.39 is 0 Å². The van der Waals surface area contributed by atoms with Crippen molar-refractivity contribution in [2.24, 2.45) is 0 Å². The predicted octanol–water partition coefficient (Wildman–Crippen LogP) is 10.7. The summed E-state index contributed by atoms with van der Waals surface area (Å²) >= 11 is 0. The van der Waals surface area contributed by atoms with Crippen LogP contribution in [0.15, 0.2) is 138 Å². The zero-order valence-corrected chi connectivity index (χ0v) is 23.4. The molecular weight excluding hydrogens is 540 g/mol. The first kappa shape index (κ1) is 26.3. The van der Waals surface area contributed by atoms with Crippen molar-refractivity contribution in [3.05, 3.63) is 156 Å². The molecule has 0 unspecified atom stereocenters. The minimum atomic E-state index is 0.356. The first-order valence-electron chi connectivity index (χ1n) is 14.0. The molecule has 0 amide bonds. The van der Waals surface area contributed by atoms with Gasteiger partial charge in [0.1, 0.15) is 23.3 Å². The number of rotatable bonds is 5. The van der Waals surface area contributed by atoms with Crippen LogP contribution in [-0.2, 0) is 0 Å². The van der Waals surface area contributed by atoms with Crippen LogP contribution in [0.25, 0.3) is 49.0 Å². The van der Waals surface area contributed by atoms with Crippen LogP contribution in [0.3, 0.4) is 0 Å². The van der Waals surface area contributed by atoms with Gasteiger partial charge in [0.15, 0.2) is 5.69 Å². The highest BCUT2D eigenvalue weighted by molar-refractivity contribution is 6.09. The molecule has 0 radical (unpaired) electrons. The molecule has 0 saturated carbocycles. The van der Waals surface area contributed by atoms with Gasteiger partial charge in [-0.05, 0) is 71.3 Å². The number of para-hydroxylation sites is 2. The zero-order chi connectivity index (χ0) is 30.0. The van der Waals surface area contributed by atoms with E-state index in [4.69, 9.17) is 11.0 Å². The van der Waals surface area contributed by atoms with Gasteiger partial charge < -0.3 is 9.32 Å². The Morgan fingerprint density at radius 3 is 1.82 bits per heavy atom. The number of furan rings is 1. The van der Waals surface area contributed by atoms with Crippen molar-refractivity contribution in [3.8, 4) is 34.4 Å². The topological polar surface area (TPSA) is 68.3 Å². The summed E-state index contributed by atoms with van der Waals surface area (Å²) < 4.78 is 6.28. The molecule has 0 saturated heterocycles. The Bertz CT molecular complexity index is 2290. The molecule has 7 aromatic rings. The number of hydrogen-bond donors (Lipinski definition) is 0. The number of fused-ring (bicyclic) bond motifs is 3. The van der Waals surface area contributed by atoms with Gasteiger partial charge >= 0.3 is 0 Å². The summed E-state index contributed by atoms with van der Waals surface area (Å²) in [6.45, 7) is 7.37. The summed E-state index contributed by atoms with van der Waals surface area (Å²) in [4.78, 5) is 5.69. The Balaban J connectivity index is 1.28. The van der Waals surface area contributed by atoms with Crippen LogP contribution < -0.4 is 4.90 Å². The fourth-order valence-corrected chi connectivity index (χ4v) is 5.60. The molecule has 7 rings (SSSR count). The quantitative estimate of drug-likeness (QED) is 0.196. The average Bonchev–Trinajstić information content (AvgIpc) is 3.48. The molecule has 1 heterocycles. The van der Waals surface area contributed by atoms with Crippen molar-refractivity contribution in [3.63, 3.8) is 0 Å². The van der Waals surface area contributed by atoms with Crippen molar-refractivity contribution in [1.29, 1.82) is 10.5 Å². The lowest BCUT2D eigenvalue weighted by molar-refractivity contribution is 0.670. The van der Waals surface area contributed by atoms with Gasteiger partial charge in [-0.3, -0.25) is 0 Å². The molecule has 0 bridgehead atoms. The van der Waals surface area contributed by atoms with Gasteiger partial charge in [0, 0.05) is 33.4 Å². The number of nitriles is 2. The highest BCUT2D eigenvalue weighted by Crippen LogP contribution is 2.39. The Labute approximate surface area is 254 Å². The van der Waals surface area contributed by atoms with E-state index >= 15 is 0 Å². The molecule has 0 spiro atoms. The summed E-state index contributed by atoms with van der Waals surface area (Å²) in [6.07, 6.45) is 0. The second-order valence-electron chi connectivity index (χ2n) is 10.3. The van der Waals surface area contributed by atoms with Gasteiger partial charge in [-0.25, -0.2) is 4.85 Å². The molecule has 5 heteroatoms. The van der Waals surface area contributed by atoms with Crippen LogP contribution in [0.5, 0.6) is 0 Å². The highest BCUT2D eigenvalue weighted by atomic mass is 16.3. The summed E-state index contributed by atoms with van der Waals surface area (Å²) in [5, 5.41) is 21.0. The highest BCUT2D eigenvalue weighted by Gasteiger charge is 2.16. The Morgan fingerprint density at radius 2 is 1.16 bits per heavy atom. The van der Waals surface area contributed by atoms with Gasteiger partial charge in [0.2, 0.25) is 0 Å². The lowest BCUT2D eigenvalue weighted by Gasteiger charge is -2.26. The van der Waals surface area contributed by atoms with Crippen molar-refractivity contribution < 1.29 is 4.42 Å². The van der Waals surface area contributed by atoms with Gasteiger partial charge in [-0.2, -0.15) is 10.5 Å². The number of hydrogen-bond acceptors (Lipinski definition) is 4. The van der Waals surface area contributed by atoms with Gasteiger partial charge in [-0.15, -0.1) is 0 Å². The van der Waals surface area contributed by atoms with E-state index in [9.17, 15) is 10.5 Å². The van der Waals surface area contributed by atoms with E-state index in [1.54, 1.807) is 12.1 Å². The van der Waals surface area contributed by atoms with Crippen LogP contribution in [0.2, 0.25) is 0 Å². The van der Waals surface area contributed by atoms with E-state index in [0.717, 1.165) is 61.3 Å². The first-order valence-corrected chi connectivity index (χ1v) is 14.0. The molecule has 0 atom stereocenters. The molecule has 6 aromatic carbocycles. The van der Waals surface area contributed by atoms with Crippen molar-refractivity contribution in [2.45, 2.75) is 0 Å². The Kier molecular flexibility index (Phi) is 6.57. The fraction of sp³-hybridized carbons (Fsp3) is 0. The summed E-state index contributed by atoms with van der Waals surface area (Å²) in [6, 6.07) is 47.8. The molecule has 1 aromatic heterocycles. The molecular formula is C39H22N4O. The molecule has 204 valence electrons. The second kappa shape index (κ2) is 11.0. The molecule has 0 N–H and O–H groups in total. The van der Waals surface area contributed by atoms with Gasteiger partial charge in [-0.1, -0.05) is 78.9 Å². The number of benzene rings is 6. The monoisotopic (exact) mass is 562 g/mol. The second-order valence-corrected chi connectivity index (χ2v) is 10.3. The molecule has 0 fully saturated rings. The SMILES string of the molecule is [C-]#[N+]c1ccc(N(c2ccc(-c3ccc(C#N)c(C#N)c3)cc2)c2ccc(-c3cccc4c3oc3ccccc34)cc2)cc1. The molecule has 0 aliphatic carbocycles. The fourth-order valence-electron chi connectivity index (χ4n) is 5.60. The average molecular weight is 563 g/mol. The van der Waals surface area contributed by atoms with Crippen LogP contribution in [-0.4, -0.2) is 0 Å². The van der Waals surface area contributed by atoms with Gasteiger partial charge in [0.05, 0.1) is 17.7 Å². The van der Waals surface area contributed by atoms with E-state index in [2.05, 4.69) is 70.4 Å². The van der Waals surface area contributed by atoms with Crippen LogP contribution in [0, 0.1) is 29.2 Å². The maximum atomic E-state index is 9.47. The lowest BCUT2D eigenvalue weighted by atomic mass is 9.99. The van der Waals surface area contributed by atoms with Crippen LogP contribution in [0.4, 0.5) is 22.7 Å². The van der Waals surface area contributed by atoms with Crippen molar-refractivity contribution in [2.75, 3.05) is 4.90 Å². The molecule has 5 nitrogen and oxygen atoms in total. The smallest absolute Gasteiger partial charge is 0.187 e. The third kappa shape index (κ3) is 4.60. The standard InChI is InChI=1S/C39H22N4O/c1-42-31-15-21-34(22-16-31)43(32-17-11-26(12-18-32)28-9-10-29(24-40)30(23-28)25-41)33-19-13-27(14-20-33)35-6-4-7-37-36-5-2-3-8-38(36)44-39(35)37/h2-23H. The van der Waals surface area contributed by atoms with Crippen LogP contribution in [0.1, 0.15) is 11.1 Å². The van der Waals surface area contributed by atoms with Gasteiger partial charge in [0.25, 0.3) is 0 Å². The lowest BCUT2D eigenvalue weighted by Crippen LogP contribution is -2.09. The normalized spacial score (nSPS) is 10.7. The maximum Gasteiger partial charge on any atom is 0.187 e. The molecule has 0 aliphatic heterocycles. The minimum absolute atomic E-state index is 0.356. The third-order valence-electron chi connectivity index (χ3n) is 7.80. The van der Waals surface area contributed by atoms with E-state index in [1.165, 1.54) is 0 Å². The summed E-state index contributed by atoms with van der Waals surface area (Å²) in [5.74, 6) is 0. The largest absolute Gasteiger partial charge is 0.455 e. The summed E-state index contributed by atoms with van der Waals surface area (Å²) in [7, 11) is 0. The third-order valence-corrected chi connectivity index (χ3v) is 7.80. The minimum Gasteiger partial charge on any atom is -0.455 e. The first-order chi connectivity index (χ1) is 21.7. The summed E-state index contributed by atoms with van der Waals surface area (Å²) in [5.41, 5.74) is 9.72. The van der Waals surface area contributed by atoms with Crippen molar-refractivity contribution >= 4 is 44.7 Å². The molecule has 44 heavy (non-hydrogen) atoms. The van der Waals surface area contributed by atoms with E-state index in [0.29, 0.717) is 16.8 Å². The Morgan fingerprint density at radius 1 is 0.568 bits per heavy atom. The predicted molar refractivity (Wildman–Crippen MR) is 175 cm³/mol. The number of nitrogens with zero attached hydrogens (tertiary/aromatic N) is 4. The van der Waals surface area contributed by atoms with Crippen LogP contribution >= 0.6 is 0 Å². The zero-order valence-electron chi connectivity index (χ0n) is 23.4.